The van der Waals surface area contributed by atoms with Gasteiger partial charge in [0, 0.05) is 17.0 Å². The first-order chi connectivity index (χ1) is 7.95. The molecule has 1 heterocycles. The van der Waals surface area contributed by atoms with Gasteiger partial charge in [0.05, 0.1) is 0 Å². The van der Waals surface area contributed by atoms with Crippen LogP contribution in [0.3, 0.4) is 0 Å². The van der Waals surface area contributed by atoms with Gasteiger partial charge in [-0.05, 0) is 12.1 Å². The summed E-state index contributed by atoms with van der Waals surface area (Å²) in [5.41, 5.74) is -1.02. The van der Waals surface area contributed by atoms with Gasteiger partial charge >= 0.3 is 5.97 Å². The molecule has 0 bridgehead atoms. The Morgan fingerprint density at radius 3 is 2.82 bits per heavy atom. The molecule has 6 heteroatoms. The molecule has 1 amide bonds. The molecule has 0 aliphatic carbocycles. The number of ether oxygens (including phenoxy) is 1. The Morgan fingerprint density at radius 1 is 1.53 bits per heavy atom. The van der Waals surface area contributed by atoms with Crippen molar-refractivity contribution in [2.24, 2.45) is 0 Å². The lowest BCUT2D eigenvalue weighted by Gasteiger charge is -2.23. The van der Waals surface area contributed by atoms with Crippen LogP contribution in [0.25, 0.3) is 0 Å². The number of halogens is 1. The van der Waals surface area contributed by atoms with Gasteiger partial charge in [0.25, 0.3) is 0 Å². The zero-order valence-electron chi connectivity index (χ0n) is 8.99. The summed E-state index contributed by atoms with van der Waals surface area (Å²) < 4.78 is 6.12. The van der Waals surface area contributed by atoms with E-state index in [1.165, 1.54) is 6.92 Å². The third kappa shape index (κ3) is 1.88. The maximum atomic E-state index is 11.4. The van der Waals surface area contributed by atoms with Gasteiger partial charge in [-0.15, -0.1) is 0 Å². The third-order valence-corrected chi connectivity index (χ3v) is 3.10. The van der Waals surface area contributed by atoms with E-state index in [0.717, 1.165) is 4.47 Å². The molecule has 1 aliphatic heterocycles. The fourth-order valence-electron chi connectivity index (χ4n) is 1.87. The molecule has 0 spiro atoms. The fraction of sp³-hybridized carbons (Fsp3) is 0.273. The summed E-state index contributed by atoms with van der Waals surface area (Å²) >= 11 is 3.28. The Morgan fingerprint density at radius 2 is 2.24 bits per heavy atom. The van der Waals surface area contributed by atoms with Crippen molar-refractivity contribution in [3.05, 3.63) is 28.2 Å². The van der Waals surface area contributed by atoms with Gasteiger partial charge in [-0.3, -0.25) is 4.79 Å². The number of hydrogen-bond acceptors (Lipinski definition) is 3. The number of carboxylic acid groups (broad SMARTS) is 1. The molecule has 5 nitrogen and oxygen atoms in total. The Labute approximate surface area is 106 Å². The molecule has 0 saturated carbocycles. The van der Waals surface area contributed by atoms with Gasteiger partial charge in [-0.2, -0.15) is 0 Å². The van der Waals surface area contributed by atoms with E-state index in [4.69, 9.17) is 4.74 Å². The standard InChI is InChI=1S/C11H10BrNO4/c1-6(14)13-11(10(15)16)5-17-9-4-7(12)2-3-8(9)11/h2-4H,5H2,1H3,(H,13,14)(H,15,16)/t11-/m0/s1. The topological polar surface area (TPSA) is 75.6 Å². The maximum absolute atomic E-state index is 11.4. The Hall–Kier alpha value is -1.56. The van der Waals surface area contributed by atoms with E-state index in [0.29, 0.717) is 11.3 Å². The molecule has 0 radical (unpaired) electrons. The van der Waals surface area contributed by atoms with E-state index >= 15 is 0 Å². The van der Waals surface area contributed by atoms with Gasteiger partial charge in [0.1, 0.15) is 12.4 Å². The Bertz CT molecular complexity index is 502. The van der Waals surface area contributed by atoms with E-state index in [2.05, 4.69) is 21.2 Å². The van der Waals surface area contributed by atoms with Crippen molar-refractivity contribution in [2.75, 3.05) is 6.61 Å². The van der Waals surface area contributed by atoms with Gasteiger partial charge in [-0.1, -0.05) is 22.0 Å². The first kappa shape index (κ1) is 11.9. The summed E-state index contributed by atoms with van der Waals surface area (Å²) in [6, 6.07) is 5.03. The van der Waals surface area contributed by atoms with E-state index < -0.39 is 17.4 Å². The van der Waals surface area contributed by atoms with Crippen molar-refractivity contribution in [3.63, 3.8) is 0 Å². The molecule has 1 aliphatic rings. The van der Waals surface area contributed by atoms with Crippen molar-refractivity contribution in [1.82, 2.24) is 5.32 Å². The summed E-state index contributed by atoms with van der Waals surface area (Å²) in [7, 11) is 0. The average molecular weight is 300 g/mol. The summed E-state index contributed by atoms with van der Waals surface area (Å²) in [5.74, 6) is -1.07. The minimum Gasteiger partial charge on any atom is -0.490 e. The highest BCUT2D eigenvalue weighted by atomic mass is 79.9. The van der Waals surface area contributed by atoms with E-state index in [-0.39, 0.29) is 6.61 Å². The molecule has 1 aromatic rings. The SMILES string of the molecule is CC(=O)N[C@@]1(C(=O)O)COc2cc(Br)ccc21. The lowest BCUT2D eigenvalue weighted by molar-refractivity contribution is -0.148. The van der Waals surface area contributed by atoms with Gasteiger partial charge in [-0.25, -0.2) is 4.79 Å². The second kappa shape index (κ2) is 4.03. The smallest absolute Gasteiger partial charge is 0.337 e. The number of hydrogen-bond donors (Lipinski definition) is 2. The number of rotatable bonds is 2. The minimum atomic E-state index is -1.48. The predicted molar refractivity (Wildman–Crippen MR) is 62.8 cm³/mol. The number of amides is 1. The van der Waals surface area contributed by atoms with Crippen molar-refractivity contribution < 1.29 is 19.4 Å². The highest BCUT2D eigenvalue weighted by molar-refractivity contribution is 9.10. The van der Waals surface area contributed by atoms with Crippen LogP contribution in [0.1, 0.15) is 12.5 Å². The normalized spacial score (nSPS) is 21.5. The van der Waals surface area contributed by atoms with E-state index in [9.17, 15) is 14.7 Å². The third-order valence-electron chi connectivity index (χ3n) is 2.60. The van der Waals surface area contributed by atoms with Crippen molar-refractivity contribution >= 4 is 27.8 Å². The average Bonchev–Trinajstić information content (AvgIpc) is 2.57. The van der Waals surface area contributed by atoms with Crippen LogP contribution in [0.5, 0.6) is 5.75 Å². The molecule has 0 aromatic heterocycles. The van der Waals surface area contributed by atoms with Crippen LogP contribution in [0, 0.1) is 0 Å². The number of carbonyl (C=O) groups excluding carboxylic acids is 1. The number of fused-ring (bicyclic) bond motifs is 1. The molecular formula is C11H10BrNO4. The maximum Gasteiger partial charge on any atom is 0.337 e. The Balaban J connectivity index is 2.53. The zero-order chi connectivity index (χ0) is 12.6. The molecule has 0 fully saturated rings. The molecule has 17 heavy (non-hydrogen) atoms. The van der Waals surface area contributed by atoms with Crippen molar-refractivity contribution in [3.8, 4) is 5.75 Å². The highest BCUT2D eigenvalue weighted by Crippen LogP contribution is 2.38. The fourth-order valence-corrected chi connectivity index (χ4v) is 2.21. The number of benzene rings is 1. The molecular weight excluding hydrogens is 290 g/mol. The Kier molecular flexibility index (Phi) is 2.82. The number of carbonyl (C=O) groups is 2. The van der Waals surface area contributed by atoms with Crippen LogP contribution in [0.2, 0.25) is 0 Å². The van der Waals surface area contributed by atoms with Crippen LogP contribution in [-0.2, 0) is 15.1 Å². The van der Waals surface area contributed by atoms with Crippen molar-refractivity contribution in [2.45, 2.75) is 12.5 Å². The second-order valence-electron chi connectivity index (χ2n) is 3.82. The quantitative estimate of drug-likeness (QED) is 0.862. The van der Waals surface area contributed by atoms with Crippen LogP contribution < -0.4 is 10.1 Å². The molecule has 2 N–H and O–H groups in total. The number of nitrogens with one attached hydrogen (secondary N) is 1. The first-order valence-electron chi connectivity index (χ1n) is 4.91. The van der Waals surface area contributed by atoms with Gasteiger partial charge < -0.3 is 15.2 Å². The summed E-state index contributed by atoms with van der Waals surface area (Å²) in [5, 5.41) is 11.8. The lowest BCUT2D eigenvalue weighted by atomic mass is 9.92. The lowest BCUT2D eigenvalue weighted by Crippen LogP contribution is -2.52. The van der Waals surface area contributed by atoms with Gasteiger partial charge in [0.2, 0.25) is 11.4 Å². The van der Waals surface area contributed by atoms with Crippen LogP contribution >= 0.6 is 15.9 Å². The monoisotopic (exact) mass is 299 g/mol. The molecule has 90 valence electrons. The van der Waals surface area contributed by atoms with Crippen LogP contribution in [0.15, 0.2) is 22.7 Å². The molecule has 1 atom stereocenters. The van der Waals surface area contributed by atoms with E-state index in [1.54, 1.807) is 18.2 Å². The largest absolute Gasteiger partial charge is 0.490 e. The molecule has 2 rings (SSSR count). The summed E-state index contributed by atoms with van der Waals surface area (Å²) in [4.78, 5) is 22.5. The van der Waals surface area contributed by atoms with Crippen LogP contribution in [0.4, 0.5) is 0 Å². The highest BCUT2D eigenvalue weighted by Gasteiger charge is 2.48. The summed E-state index contributed by atoms with van der Waals surface area (Å²) in [6.45, 7) is 1.18. The predicted octanol–water partition coefficient (Wildman–Crippen LogP) is 1.26. The van der Waals surface area contributed by atoms with Gasteiger partial charge in [0.15, 0.2) is 0 Å². The first-order valence-corrected chi connectivity index (χ1v) is 5.70. The van der Waals surface area contributed by atoms with Crippen molar-refractivity contribution in [1.29, 1.82) is 0 Å². The zero-order valence-corrected chi connectivity index (χ0v) is 10.6. The molecule has 0 unspecified atom stereocenters. The molecule has 1 aromatic carbocycles. The number of aliphatic carboxylic acids is 1. The second-order valence-corrected chi connectivity index (χ2v) is 4.74. The summed E-state index contributed by atoms with van der Waals surface area (Å²) in [6.07, 6.45) is 0. The van der Waals surface area contributed by atoms with Crippen LogP contribution in [-0.4, -0.2) is 23.6 Å². The number of carboxylic acids is 1. The molecule has 0 saturated heterocycles. The van der Waals surface area contributed by atoms with E-state index in [1.807, 2.05) is 0 Å². The minimum absolute atomic E-state index is 0.103.